The fourth-order valence-corrected chi connectivity index (χ4v) is 2.33. The van der Waals surface area contributed by atoms with Crippen LogP contribution in [0.1, 0.15) is 39.2 Å². The van der Waals surface area contributed by atoms with Crippen LogP contribution in [0.2, 0.25) is 0 Å². The van der Waals surface area contributed by atoms with Gasteiger partial charge in [-0.05, 0) is 29.5 Å². The van der Waals surface area contributed by atoms with Gasteiger partial charge in [-0.15, -0.1) is 0 Å². The van der Waals surface area contributed by atoms with Crippen LogP contribution in [0.25, 0.3) is 0 Å². The van der Waals surface area contributed by atoms with Crippen molar-refractivity contribution < 1.29 is 4.74 Å². The predicted octanol–water partition coefficient (Wildman–Crippen LogP) is 3.57. The molecule has 2 rings (SSSR count). The minimum atomic E-state index is 0.253. The number of hydrogen-bond donors (Lipinski definition) is 1. The second kappa shape index (κ2) is 4.36. The summed E-state index contributed by atoms with van der Waals surface area (Å²) >= 11 is 0. The van der Waals surface area contributed by atoms with Crippen LogP contribution in [0.5, 0.6) is 5.75 Å². The summed E-state index contributed by atoms with van der Waals surface area (Å²) in [6.07, 6.45) is 2.43. The molecule has 2 nitrogen and oxygen atoms in total. The first-order chi connectivity index (χ1) is 7.63. The van der Waals surface area contributed by atoms with E-state index in [-0.39, 0.29) is 5.41 Å². The van der Waals surface area contributed by atoms with Gasteiger partial charge < -0.3 is 10.1 Å². The molecule has 0 saturated carbocycles. The summed E-state index contributed by atoms with van der Waals surface area (Å²) in [5, 5.41) is 3.39. The predicted molar refractivity (Wildman–Crippen MR) is 68.4 cm³/mol. The molecule has 0 spiro atoms. The lowest BCUT2D eigenvalue weighted by Gasteiger charge is -2.27. The molecule has 1 aliphatic rings. The molecule has 1 aromatic rings. The maximum absolute atomic E-state index is 5.59. The maximum atomic E-state index is 5.59. The van der Waals surface area contributed by atoms with Crippen molar-refractivity contribution in [3.63, 3.8) is 0 Å². The highest BCUT2D eigenvalue weighted by Gasteiger charge is 2.21. The number of anilines is 1. The molecular formula is C14H21NO. The molecule has 0 amide bonds. The minimum Gasteiger partial charge on any atom is -0.490 e. The van der Waals surface area contributed by atoms with Crippen molar-refractivity contribution in [1.29, 1.82) is 0 Å². The van der Waals surface area contributed by atoms with Crippen molar-refractivity contribution in [3.05, 3.63) is 23.8 Å². The van der Waals surface area contributed by atoms with Gasteiger partial charge in [0.15, 0.2) is 0 Å². The van der Waals surface area contributed by atoms with Gasteiger partial charge in [0.25, 0.3) is 0 Å². The van der Waals surface area contributed by atoms with E-state index in [2.05, 4.69) is 44.3 Å². The monoisotopic (exact) mass is 219 g/mol. The summed E-state index contributed by atoms with van der Waals surface area (Å²) < 4.78 is 5.59. The zero-order valence-corrected chi connectivity index (χ0v) is 10.5. The standard InChI is InChI=1S/C14H21NO/c1-4-7-14(2,3)11-5-6-13-12(10-11)15-8-9-16-13/h5-6,10,15H,4,7-9H2,1-3H3. The fraction of sp³-hybridized carbons (Fsp3) is 0.571. The van der Waals surface area contributed by atoms with E-state index in [9.17, 15) is 0 Å². The molecule has 1 heterocycles. The third kappa shape index (κ3) is 2.16. The molecule has 1 N–H and O–H groups in total. The van der Waals surface area contributed by atoms with Gasteiger partial charge in [-0.25, -0.2) is 0 Å². The Morgan fingerprint density at radius 3 is 2.94 bits per heavy atom. The van der Waals surface area contributed by atoms with E-state index in [1.54, 1.807) is 0 Å². The first-order valence-corrected chi connectivity index (χ1v) is 6.15. The smallest absolute Gasteiger partial charge is 0.142 e. The number of ether oxygens (including phenoxy) is 1. The molecule has 2 heteroatoms. The van der Waals surface area contributed by atoms with E-state index in [0.29, 0.717) is 0 Å². The van der Waals surface area contributed by atoms with Crippen LogP contribution in [0.3, 0.4) is 0 Å². The number of benzene rings is 1. The Hall–Kier alpha value is -1.18. The molecular weight excluding hydrogens is 198 g/mol. The number of nitrogens with one attached hydrogen (secondary N) is 1. The highest BCUT2D eigenvalue weighted by atomic mass is 16.5. The fourth-order valence-electron chi connectivity index (χ4n) is 2.33. The molecule has 0 unspecified atom stereocenters. The number of fused-ring (bicyclic) bond motifs is 1. The Morgan fingerprint density at radius 1 is 1.38 bits per heavy atom. The first-order valence-electron chi connectivity index (χ1n) is 6.15. The Labute approximate surface area is 98.0 Å². The van der Waals surface area contributed by atoms with Crippen molar-refractivity contribution in [2.24, 2.45) is 0 Å². The van der Waals surface area contributed by atoms with Gasteiger partial charge in [-0.3, -0.25) is 0 Å². The van der Waals surface area contributed by atoms with Crippen molar-refractivity contribution in [2.75, 3.05) is 18.5 Å². The van der Waals surface area contributed by atoms with Crippen LogP contribution in [-0.4, -0.2) is 13.2 Å². The van der Waals surface area contributed by atoms with E-state index >= 15 is 0 Å². The average molecular weight is 219 g/mol. The van der Waals surface area contributed by atoms with E-state index in [1.807, 2.05) is 0 Å². The summed E-state index contributed by atoms with van der Waals surface area (Å²) in [4.78, 5) is 0. The summed E-state index contributed by atoms with van der Waals surface area (Å²) in [5.41, 5.74) is 2.79. The number of hydrogen-bond acceptors (Lipinski definition) is 2. The molecule has 0 fully saturated rings. The zero-order chi connectivity index (χ0) is 11.6. The third-order valence-electron chi connectivity index (χ3n) is 3.31. The quantitative estimate of drug-likeness (QED) is 0.839. The van der Waals surface area contributed by atoms with Gasteiger partial charge in [-0.1, -0.05) is 33.3 Å². The third-order valence-corrected chi connectivity index (χ3v) is 3.31. The van der Waals surface area contributed by atoms with Gasteiger partial charge >= 0.3 is 0 Å². The summed E-state index contributed by atoms with van der Waals surface area (Å²) in [5.74, 6) is 0.988. The van der Waals surface area contributed by atoms with Crippen molar-refractivity contribution in [1.82, 2.24) is 0 Å². The lowest BCUT2D eigenvalue weighted by molar-refractivity contribution is 0.323. The first kappa shape index (κ1) is 11.3. The molecule has 0 saturated heterocycles. The summed E-state index contributed by atoms with van der Waals surface area (Å²) in [7, 11) is 0. The van der Waals surface area contributed by atoms with Crippen molar-refractivity contribution in [3.8, 4) is 5.75 Å². The Kier molecular flexibility index (Phi) is 3.08. The highest BCUT2D eigenvalue weighted by Crippen LogP contribution is 2.35. The second-order valence-corrected chi connectivity index (χ2v) is 5.12. The molecule has 0 aliphatic carbocycles. The summed E-state index contributed by atoms with van der Waals surface area (Å²) in [6, 6.07) is 6.53. The maximum Gasteiger partial charge on any atom is 0.142 e. The topological polar surface area (TPSA) is 21.3 Å². The van der Waals surface area contributed by atoms with E-state index in [4.69, 9.17) is 4.74 Å². The van der Waals surface area contributed by atoms with E-state index in [1.165, 1.54) is 18.4 Å². The van der Waals surface area contributed by atoms with Gasteiger partial charge in [-0.2, -0.15) is 0 Å². The van der Waals surface area contributed by atoms with Crippen LogP contribution in [0.4, 0.5) is 5.69 Å². The van der Waals surface area contributed by atoms with Gasteiger partial charge in [0.05, 0.1) is 5.69 Å². The second-order valence-electron chi connectivity index (χ2n) is 5.12. The number of rotatable bonds is 3. The molecule has 0 aromatic heterocycles. The molecule has 0 radical (unpaired) electrons. The van der Waals surface area contributed by atoms with Crippen LogP contribution in [0, 0.1) is 0 Å². The largest absolute Gasteiger partial charge is 0.490 e. The van der Waals surface area contributed by atoms with Crippen molar-refractivity contribution in [2.45, 2.75) is 39.0 Å². The molecule has 0 bridgehead atoms. The van der Waals surface area contributed by atoms with Crippen LogP contribution >= 0.6 is 0 Å². The van der Waals surface area contributed by atoms with E-state index in [0.717, 1.165) is 24.6 Å². The Morgan fingerprint density at radius 2 is 2.19 bits per heavy atom. The molecule has 1 aliphatic heterocycles. The minimum absolute atomic E-state index is 0.253. The normalized spacial score (nSPS) is 14.9. The lowest BCUT2D eigenvalue weighted by atomic mass is 9.80. The van der Waals surface area contributed by atoms with Crippen LogP contribution < -0.4 is 10.1 Å². The summed E-state index contributed by atoms with van der Waals surface area (Å²) in [6.45, 7) is 8.53. The lowest BCUT2D eigenvalue weighted by Crippen LogP contribution is -2.21. The SMILES string of the molecule is CCCC(C)(C)c1ccc2c(c1)NCCO2. The Balaban J connectivity index is 2.29. The van der Waals surface area contributed by atoms with Gasteiger partial charge in [0.2, 0.25) is 0 Å². The molecule has 1 aromatic carbocycles. The molecule has 0 atom stereocenters. The van der Waals surface area contributed by atoms with Crippen LogP contribution in [-0.2, 0) is 5.41 Å². The molecule has 16 heavy (non-hydrogen) atoms. The van der Waals surface area contributed by atoms with Gasteiger partial charge in [0.1, 0.15) is 12.4 Å². The van der Waals surface area contributed by atoms with E-state index < -0.39 is 0 Å². The van der Waals surface area contributed by atoms with Gasteiger partial charge in [0, 0.05) is 6.54 Å². The average Bonchev–Trinajstić information content (AvgIpc) is 2.28. The highest BCUT2D eigenvalue weighted by molar-refractivity contribution is 5.60. The van der Waals surface area contributed by atoms with Crippen LogP contribution in [0.15, 0.2) is 18.2 Å². The Bertz CT molecular complexity index is 371. The zero-order valence-electron chi connectivity index (χ0n) is 10.5. The molecule has 88 valence electrons. The van der Waals surface area contributed by atoms with Crippen molar-refractivity contribution >= 4 is 5.69 Å².